The molecule has 156 valence electrons. The molecule has 9 heteroatoms. The number of piperidine rings is 1. The maximum Gasteiger partial charge on any atom is 0.256 e. The minimum absolute atomic E-state index is 0.0331. The van der Waals surface area contributed by atoms with E-state index in [1.54, 1.807) is 6.92 Å². The number of nitrogens with zero attached hydrogens (tertiary/aromatic N) is 1. The maximum absolute atomic E-state index is 12.9. The second-order valence-electron chi connectivity index (χ2n) is 7.29. The van der Waals surface area contributed by atoms with Crippen LogP contribution in [-0.2, 0) is 10.0 Å². The zero-order chi connectivity index (χ0) is 21.3. The molecule has 1 atom stereocenters. The molecule has 1 aromatic heterocycles. The Kier molecular flexibility index (Phi) is 6.11. The normalized spacial score (nSPS) is 17.8. The van der Waals surface area contributed by atoms with E-state index in [9.17, 15) is 18.0 Å². The highest BCUT2D eigenvalue weighted by molar-refractivity contribution is 7.89. The standard InChI is InChI=1S/C20H25N3O4S2/c1-12-6-4-5-11-23(12)29(26,27)16-9-7-15(8-10-16)19(25)22-20-17(18(21)24)13(2)14(3)28-20/h7-10,12H,4-6,11H2,1-3H3,(H2,21,24)(H,22,25). The third-order valence-electron chi connectivity index (χ3n) is 5.32. The number of nitrogens with two attached hydrogens (primary N) is 1. The van der Waals surface area contributed by atoms with Crippen molar-refractivity contribution in [2.75, 3.05) is 11.9 Å². The maximum atomic E-state index is 12.9. The predicted octanol–water partition coefficient (Wildman–Crippen LogP) is 3.28. The van der Waals surface area contributed by atoms with E-state index >= 15 is 0 Å². The van der Waals surface area contributed by atoms with Gasteiger partial charge in [-0.2, -0.15) is 4.31 Å². The Bertz CT molecular complexity index is 1040. The molecule has 2 heterocycles. The van der Waals surface area contributed by atoms with Crippen LogP contribution in [0.4, 0.5) is 5.00 Å². The zero-order valence-electron chi connectivity index (χ0n) is 16.7. The van der Waals surface area contributed by atoms with Gasteiger partial charge < -0.3 is 11.1 Å². The second kappa shape index (κ2) is 8.25. The summed E-state index contributed by atoms with van der Waals surface area (Å²) in [6, 6.07) is 5.83. The fourth-order valence-electron chi connectivity index (χ4n) is 3.53. The number of hydrogen-bond acceptors (Lipinski definition) is 5. The molecule has 3 rings (SSSR count). The number of aryl methyl sites for hydroxylation is 1. The fraction of sp³-hybridized carbons (Fsp3) is 0.400. The average molecular weight is 436 g/mol. The first kappa shape index (κ1) is 21.5. The van der Waals surface area contributed by atoms with E-state index in [4.69, 9.17) is 5.73 Å². The van der Waals surface area contributed by atoms with Crippen molar-refractivity contribution in [2.24, 2.45) is 5.73 Å². The Morgan fingerprint density at radius 1 is 1.17 bits per heavy atom. The minimum Gasteiger partial charge on any atom is -0.365 e. The third kappa shape index (κ3) is 4.22. The van der Waals surface area contributed by atoms with Crippen LogP contribution in [0, 0.1) is 13.8 Å². The van der Waals surface area contributed by atoms with E-state index in [0.717, 1.165) is 29.7 Å². The first-order chi connectivity index (χ1) is 13.6. The van der Waals surface area contributed by atoms with E-state index in [0.29, 0.717) is 22.7 Å². The molecule has 1 aliphatic heterocycles. The van der Waals surface area contributed by atoms with Gasteiger partial charge in [0, 0.05) is 23.0 Å². The summed E-state index contributed by atoms with van der Waals surface area (Å²) in [4.78, 5) is 25.4. The van der Waals surface area contributed by atoms with Crippen LogP contribution in [0.25, 0.3) is 0 Å². The van der Waals surface area contributed by atoms with Gasteiger partial charge in [0.2, 0.25) is 10.0 Å². The SMILES string of the molecule is Cc1sc(NC(=O)c2ccc(S(=O)(=O)N3CCCCC3C)cc2)c(C(N)=O)c1C. The number of carbonyl (C=O) groups is 2. The van der Waals surface area contributed by atoms with Crippen LogP contribution in [0.1, 0.15) is 57.3 Å². The molecule has 3 N–H and O–H groups in total. The average Bonchev–Trinajstić information content (AvgIpc) is 2.95. The van der Waals surface area contributed by atoms with E-state index in [2.05, 4.69) is 5.32 Å². The van der Waals surface area contributed by atoms with Crippen molar-refractivity contribution >= 4 is 38.2 Å². The highest BCUT2D eigenvalue weighted by Crippen LogP contribution is 2.32. The first-order valence-corrected chi connectivity index (χ1v) is 11.7. The van der Waals surface area contributed by atoms with E-state index in [1.165, 1.54) is 39.9 Å². The number of sulfonamides is 1. The molecule has 1 saturated heterocycles. The zero-order valence-corrected chi connectivity index (χ0v) is 18.3. The van der Waals surface area contributed by atoms with Gasteiger partial charge in [-0.15, -0.1) is 11.3 Å². The lowest BCUT2D eigenvalue weighted by atomic mass is 10.1. The molecule has 0 saturated carbocycles. The van der Waals surface area contributed by atoms with E-state index in [-0.39, 0.29) is 10.9 Å². The molecule has 7 nitrogen and oxygen atoms in total. The highest BCUT2D eigenvalue weighted by Gasteiger charge is 2.31. The summed E-state index contributed by atoms with van der Waals surface area (Å²) in [6.07, 6.45) is 2.73. The Balaban J connectivity index is 1.81. The van der Waals surface area contributed by atoms with Crippen molar-refractivity contribution in [2.45, 2.75) is 51.0 Å². The smallest absolute Gasteiger partial charge is 0.256 e. The first-order valence-electron chi connectivity index (χ1n) is 9.46. The Morgan fingerprint density at radius 2 is 1.83 bits per heavy atom. The Labute approximate surface area is 175 Å². The summed E-state index contributed by atoms with van der Waals surface area (Å²) < 4.78 is 27.3. The summed E-state index contributed by atoms with van der Waals surface area (Å²) in [5.74, 6) is -1.02. The van der Waals surface area contributed by atoms with Crippen LogP contribution in [-0.4, -0.2) is 37.1 Å². The van der Waals surface area contributed by atoms with Crippen molar-refractivity contribution in [3.05, 3.63) is 45.8 Å². The van der Waals surface area contributed by atoms with Crippen LogP contribution < -0.4 is 11.1 Å². The van der Waals surface area contributed by atoms with Gasteiger partial charge in [-0.25, -0.2) is 8.42 Å². The second-order valence-corrected chi connectivity index (χ2v) is 10.4. The monoisotopic (exact) mass is 435 g/mol. The van der Waals surface area contributed by atoms with Gasteiger partial charge in [0.15, 0.2) is 0 Å². The number of primary amides is 1. The highest BCUT2D eigenvalue weighted by atomic mass is 32.2. The van der Waals surface area contributed by atoms with Gasteiger partial charge >= 0.3 is 0 Å². The van der Waals surface area contributed by atoms with Crippen molar-refractivity contribution in [1.82, 2.24) is 4.31 Å². The minimum atomic E-state index is -3.59. The predicted molar refractivity (Wildman–Crippen MR) is 114 cm³/mol. The van der Waals surface area contributed by atoms with Crippen LogP contribution in [0.3, 0.4) is 0 Å². The van der Waals surface area contributed by atoms with Gasteiger partial charge in [0.25, 0.3) is 11.8 Å². The molecule has 1 aromatic carbocycles. The molecular weight excluding hydrogens is 410 g/mol. The number of nitrogens with one attached hydrogen (secondary N) is 1. The molecule has 1 fully saturated rings. The number of amides is 2. The van der Waals surface area contributed by atoms with Crippen molar-refractivity contribution in [1.29, 1.82) is 0 Å². The summed E-state index contributed by atoms with van der Waals surface area (Å²) in [7, 11) is -3.59. The molecule has 0 bridgehead atoms. The lowest BCUT2D eigenvalue weighted by Gasteiger charge is -2.32. The van der Waals surface area contributed by atoms with Crippen LogP contribution in [0.15, 0.2) is 29.2 Å². The lowest BCUT2D eigenvalue weighted by Crippen LogP contribution is -2.41. The number of carbonyl (C=O) groups excluding carboxylic acids is 2. The number of anilines is 1. The number of rotatable bonds is 5. The van der Waals surface area contributed by atoms with Gasteiger partial charge in [0.05, 0.1) is 10.5 Å². The van der Waals surface area contributed by atoms with Gasteiger partial charge in [-0.3, -0.25) is 9.59 Å². The number of benzene rings is 1. The van der Waals surface area contributed by atoms with Crippen LogP contribution in [0.2, 0.25) is 0 Å². The van der Waals surface area contributed by atoms with Crippen LogP contribution in [0.5, 0.6) is 0 Å². The molecular formula is C20H25N3O4S2. The molecule has 1 unspecified atom stereocenters. The quantitative estimate of drug-likeness (QED) is 0.751. The third-order valence-corrected chi connectivity index (χ3v) is 8.47. The van der Waals surface area contributed by atoms with Crippen molar-refractivity contribution < 1.29 is 18.0 Å². The number of thiophene rings is 1. The molecule has 1 aliphatic rings. The van der Waals surface area contributed by atoms with Gasteiger partial charge in [0.1, 0.15) is 5.00 Å². The van der Waals surface area contributed by atoms with E-state index in [1.807, 2.05) is 13.8 Å². The largest absolute Gasteiger partial charge is 0.365 e. The van der Waals surface area contributed by atoms with Crippen molar-refractivity contribution in [3.63, 3.8) is 0 Å². The Hall–Kier alpha value is -2.23. The Morgan fingerprint density at radius 3 is 2.41 bits per heavy atom. The molecule has 0 aliphatic carbocycles. The summed E-state index contributed by atoms with van der Waals surface area (Å²) >= 11 is 1.28. The van der Waals surface area contributed by atoms with Crippen molar-refractivity contribution in [3.8, 4) is 0 Å². The molecule has 0 spiro atoms. The van der Waals surface area contributed by atoms with E-state index < -0.39 is 21.8 Å². The summed E-state index contributed by atoms with van der Waals surface area (Å²) in [5.41, 5.74) is 6.79. The summed E-state index contributed by atoms with van der Waals surface area (Å²) in [6.45, 7) is 6.06. The molecule has 0 radical (unpaired) electrons. The molecule has 2 amide bonds. The molecule has 29 heavy (non-hydrogen) atoms. The molecule has 2 aromatic rings. The van der Waals surface area contributed by atoms with Gasteiger partial charge in [-0.1, -0.05) is 6.42 Å². The lowest BCUT2D eigenvalue weighted by molar-refractivity contribution is 0.100. The van der Waals surface area contributed by atoms with Crippen LogP contribution >= 0.6 is 11.3 Å². The summed E-state index contributed by atoms with van der Waals surface area (Å²) in [5, 5.41) is 3.12. The fourth-order valence-corrected chi connectivity index (χ4v) is 6.29. The number of hydrogen-bond donors (Lipinski definition) is 2. The topological polar surface area (TPSA) is 110 Å². The van der Waals surface area contributed by atoms with Gasteiger partial charge in [-0.05, 0) is 63.4 Å².